The summed E-state index contributed by atoms with van der Waals surface area (Å²) >= 11 is 1.61. The minimum atomic E-state index is -0.208. The number of hydrogen-bond acceptors (Lipinski definition) is 6. The van der Waals surface area contributed by atoms with Crippen LogP contribution in [-0.4, -0.2) is 47.9 Å². The summed E-state index contributed by atoms with van der Waals surface area (Å²) in [4.78, 5) is 2.37. The molecule has 1 aliphatic rings. The van der Waals surface area contributed by atoms with Crippen LogP contribution in [0.1, 0.15) is 30.0 Å². The number of aryl methyl sites for hydroxylation is 1. The largest absolute Gasteiger partial charge is 0.379 e. The molecule has 0 saturated carbocycles. The predicted octanol–water partition coefficient (Wildman–Crippen LogP) is 3.12. The van der Waals surface area contributed by atoms with Gasteiger partial charge in [0.05, 0.1) is 19.3 Å². The van der Waals surface area contributed by atoms with Gasteiger partial charge in [-0.05, 0) is 24.1 Å². The molecule has 24 heavy (non-hydrogen) atoms. The zero-order valence-electron chi connectivity index (χ0n) is 13.9. The van der Waals surface area contributed by atoms with Crippen LogP contribution in [0, 0.1) is 5.82 Å². The van der Waals surface area contributed by atoms with Gasteiger partial charge in [0.1, 0.15) is 10.8 Å². The van der Waals surface area contributed by atoms with Crippen LogP contribution >= 0.6 is 11.3 Å². The minimum absolute atomic E-state index is 0.160. The van der Waals surface area contributed by atoms with Gasteiger partial charge in [-0.25, -0.2) is 4.39 Å². The van der Waals surface area contributed by atoms with Crippen LogP contribution in [0.25, 0.3) is 0 Å². The number of rotatable bonds is 7. The second kappa shape index (κ2) is 8.50. The quantitative estimate of drug-likeness (QED) is 0.831. The molecule has 1 aromatic heterocycles. The van der Waals surface area contributed by atoms with Crippen LogP contribution in [0.5, 0.6) is 0 Å². The standard InChI is InChI=1S/C17H23FN4OS/c1-2-3-16-20-21-17(24-16)19-12-15(22-8-10-23-11-9-22)13-4-6-14(18)7-5-13/h4-7,15H,2-3,8-12H2,1H3,(H,19,21). The van der Waals surface area contributed by atoms with E-state index in [1.807, 2.05) is 12.1 Å². The summed E-state index contributed by atoms with van der Waals surface area (Å²) in [6.45, 7) is 6.07. The molecule has 1 aliphatic heterocycles. The van der Waals surface area contributed by atoms with Gasteiger partial charge in [-0.15, -0.1) is 10.2 Å². The number of morpholine rings is 1. The Labute approximate surface area is 145 Å². The lowest BCUT2D eigenvalue weighted by Gasteiger charge is -2.34. The fourth-order valence-electron chi connectivity index (χ4n) is 2.86. The molecule has 2 heterocycles. The van der Waals surface area contributed by atoms with Gasteiger partial charge in [-0.2, -0.15) is 0 Å². The van der Waals surface area contributed by atoms with E-state index >= 15 is 0 Å². The van der Waals surface area contributed by atoms with Crippen molar-refractivity contribution in [3.63, 3.8) is 0 Å². The van der Waals surface area contributed by atoms with Gasteiger partial charge in [0.25, 0.3) is 0 Å². The Balaban J connectivity index is 1.70. The number of hydrogen-bond donors (Lipinski definition) is 1. The Morgan fingerprint density at radius 3 is 2.71 bits per heavy atom. The van der Waals surface area contributed by atoms with Gasteiger partial charge < -0.3 is 10.1 Å². The predicted molar refractivity (Wildman–Crippen MR) is 93.9 cm³/mol. The number of aromatic nitrogens is 2. The molecule has 0 amide bonds. The number of nitrogens with zero attached hydrogens (tertiary/aromatic N) is 3. The zero-order valence-corrected chi connectivity index (χ0v) is 14.7. The maximum Gasteiger partial charge on any atom is 0.205 e. The fraction of sp³-hybridized carbons (Fsp3) is 0.529. The molecular weight excluding hydrogens is 327 g/mol. The van der Waals surface area contributed by atoms with Gasteiger partial charge in [-0.3, -0.25) is 4.90 Å². The summed E-state index contributed by atoms with van der Waals surface area (Å²) in [6, 6.07) is 6.92. The highest BCUT2D eigenvalue weighted by molar-refractivity contribution is 7.15. The molecule has 1 saturated heterocycles. The molecule has 1 fully saturated rings. The number of benzene rings is 1. The molecule has 0 spiro atoms. The van der Waals surface area contributed by atoms with Gasteiger partial charge in [0.2, 0.25) is 5.13 Å². The van der Waals surface area contributed by atoms with Crippen LogP contribution in [0.4, 0.5) is 9.52 Å². The average Bonchev–Trinajstić information content (AvgIpc) is 3.05. The molecule has 1 unspecified atom stereocenters. The molecule has 0 aliphatic carbocycles. The third-order valence-corrected chi connectivity index (χ3v) is 5.06. The Morgan fingerprint density at radius 2 is 2.00 bits per heavy atom. The molecule has 5 nitrogen and oxygen atoms in total. The lowest BCUT2D eigenvalue weighted by atomic mass is 10.0. The summed E-state index contributed by atoms with van der Waals surface area (Å²) in [5.74, 6) is -0.208. The van der Waals surface area contributed by atoms with E-state index in [0.29, 0.717) is 6.54 Å². The van der Waals surface area contributed by atoms with Gasteiger partial charge in [-0.1, -0.05) is 30.4 Å². The van der Waals surface area contributed by atoms with E-state index in [2.05, 4.69) is 27.3 Å². The molecule has 1 aromatic carbocycles. The average molecular weight is 350 g/mol. The maximum absolute atomic E-state index is 13.3. The topological polar surface area (TPSA) is 50.3 Å². The lowest BCUT2D eigenvalue weighted by molar-refractivity contribution is 0.0187. The second-order valence-electron chi connectivity index (χ2n) is 5.85. The van der Waals surface area contributed by atoms with Gasteiger partial charge in [0.15, 0.2) is 0 Å². The van der Waals surface area contributed by atoms with Crippen molar-refractivity contribution in [1.82, 2.24) is 15.1 Å². The minimum Gasteiger partial charge on any atom is -0.379 e. The maximum atomic E-state index is 13.3. The Kier molecular flexibility index (Phi) is 6.12. The van der Waals surface area contributed by atoms with Crippen LogP contribution in [0.2, 0.25) is 0 Å². The highest BCUT2D eigenvalue weighted by Crippen LogP contribution is 2.24. The lowest BCUT2D eigenvalue weighted by Crippen LogP contribution is -2.41. The van der Waals surface area contributed by atoms with Crippen molar-refractivity contribution in [3.05, 3.63) is 40.7 Å². The number of nitrogens with one attached hydrogen (secondary N) is 1. The molecule has 1 N–H and O–H groups in total. The molecule has 1 atom stereocenters. The van der Waals surface area contributed by atoms with Crippen molar-refractivity contribution in [2.45, 2.75) is 25.8 Å². The van der Waals surface area contributed by atoms with Crippen LogP contribution in [0.3, 0.4) is 0 Å². The van der Waals surface area contributed by atoms with Crippen molar-refractivity contribution < 1.29 is 9.13 Å². The van der Waals surface area contributed by atoms with Crippen molar-refractivity contribution >= 4 is 16.5 Å². The van der Waals surface area contributed by atoms with E-state index in [0.717, 1.165) is 54.8 Å². The van der Waals surface area contributed by atoms with E-state index in [1.165, 1.54) is 12.1 Å². The van der Waals surface area contributed by atoms with Gasteiger partial charge in [0, 0.05) is 26.1 Å². The Bertz CT molecular complexity index is 628. The third kappa shape index (κ3) is 4.49. The number of halogens is 1. The van der Waals surface area contributed by atoms with Gasteiger partial charge >= 0.3 is 0 Å². The first-order valence-electron chi connectivity index (χ1n) is 8.39. The zero-order chi connectivity index (χ0) is 16.8. The summed E-state index contributed by atoms with van der Waals surface area (Å²) in [6.07, 6.45) is 2.03. The van der Waals surface area contributed by atoms with Crippen LogP contribution in [-0.2, 0) is 11.2 Å². The molecule has 130 valence electrons. The van der Waals surface area contributed by atoms with Crippen molar-refractivity contribution in [3.8, 4) is 0 Å². The Morgan fingerprint density at radius 1 is 1.25 bits per heavy atom. The van der Waals surface area contributed by atoms with Crippen LogP contribution in [0.15, 0.2) is 24.3 Å². The molecular formula is C17H23FN4OS. The summed E-state index contributed by atoms with van der Waals surface area (Å²) < 4.78 is 18.7. The molecule has 3 rings (SSSR count). The van der Waals surface area contributed by atoms with E-state index in [9.17, 15) is 4.39 Å². The number of anilines is 1. The van der Waals surface area contributed by atoms with E-state index in [4.69, 9.17) is 4.74 Å². The first kappa shape index (κ1) is 17.3. The van der Waals surface area contributed by atoms with Crippen LogP contribution < -0.4 is 5.32 Å². The normalized spacial score (nSPS) is 16.9. The molecule has 0 radical (unpaired) electrons. The fourth-order valence-corrected chi connectivity index (χ4v) is 3.70. The van der Waals surface area contributed by atoms with E-state index in [-0.39, 0.29) is 11.9 Å². The summed E-state index contributed by atoms with van der Waals surface area (Å²) in [7, 11) is 0. The first-order valence-corrected chi connectivity index (χ1v) is 9.21. The van der Waals surface area contributed by atoms with E-state index < -0.39 is 0 Å². The number of ether oxygens (including phenoxy) is 1. The smallest absolute Gasteiger partial charge is 0.205 e. The molecule has 7 heteroatoms. The first-order chi connectivity index (χ1) is 11.8. The van der Waals surface area contributed by atoms with Crippen molar-refractivity contribution in [2.24, 2.45) is 0 Å². The SMILES string of the molecule is CCCc1nnc(NCC(c2ccc(F)cc2)N2CCOCC2)s1. The molecule has 2 aromatic rings. The summed E-state index contributed by atoms with van der Waals surface area (Å²) in [5.41, 5.74) is 1.10. The monoisotopic (exact) mass is 350 g/mol. The summed E-state index contributed by atoms with van der Waals surface area (Å²) in [5, 5.41) is 13.7. The molecule has 0 bridgehead atoms. The van der Waals surface area contributed by atoms with Crippen molar-refractivity contribution in [1.29, 1.82) is 0 Å². The highest BCUT2D eigenvalue weighted by Gasteiger charge is 2.23. The van der Waals surface area contributed by atoms with E-state index in [1.54, 1.807) is 11.3 Å². The van der Waals surface area contributed by atoms with Crippen molar-refractivity contribution in [2.75, 3.05) is 38.2 Å². The Hall–Kier alpha value is -1.57. The highest BCUT2D eigenvalue weighted by atomic mass is 32.1. The second-order valence-corrected chi connectivity index (χ2v) is 6.91. The third-order valence-electron chi connectivity index (χ3n) is 4.12.